The fourth-order valence-electron chi connectivity index (χ4n) is 5.60. The standard InChI is InChI=1S/C28H34N10O2S/c1-6-12-37-27(39)21-16-29-28(32-26(21)38(37)25-9-7-8-24(31-25)33-41(4,5)40)30-19-10-11-22-23(15-19)36-14-13-34(2)17-20(36)18-35(22)3/h6-11,15-16,20H,1,12-14,17-18H2,2-5H3,(H,29,30,32)/t20-/m0/s1. The first-order valence-electron chi connectivity index (χ1n) is 13.4. The van der Waals surface area contributed by atoms with Gasteiger partial charge in [-0.15, -0.1) is 6.58 Å². The molecule has 0 bridgehead atoms. The highest BCUT2D eigenvalue weighted by Gasteiger charge is 2.33. The number of likely N-dealkylation sites (N-methyl/N-ethyl adjacent to an activating group) is 2. The largest absolute Gasteiger partial charge is 0.371 e. The Morgan fingerprint density at radius 1 is 1.12 bits per heavy atom. The van der Waals surface area contributed by atoms with Crippen molar-refractivity contribution >= 4 is 49.6 Å². The van der Waals surface area contributed by atoms with Crippen LogP contribution in [-0.2, 0) is 16.3 Å². The zero-order chi connectivity index (χ0) is 28.9. The van der Waals surface area contributed by atoms with Crippen LogP contribution in [0.25, 0.3) is 16.9 Å². The first-order valence-corrected chi connectivity index (χ1v) is 15.8. The van der Waals surface area contributed by atoms with E-state index in [9.17, 15) is 9.00 Å². The third-order valence-corrected chi connectivity index (χ3v) is 7.98. The molecule has 0 amide bonds. The van der Waals surface area contributed by atoms with Crippen LogP contribution in [-0.4, -0.2) is 92.3 Å². The highest BCUT2D eigenvalue weighted by atomic mass is 32.2. The van der Waals surface area contributed by atoms with Crippen LogP contribution < -0.4 is 20.7 Å². The molecule has 214 valence electrons. The molecular weight excluding hydrogens is 540 g/mol. The normalized spacial score (nSPS) is 17.3. The average molecular weight is 575 g/mol. The van der Waals surface area contributed by atoms with Gasteiger partial charge in [0.25, 0.3) is 5.56 Å². The van der Waals surface area contributed by atoms with Gasteiger partial charge in [0, 0.05) is 67.4 Å². The molecule has 3 aromatic heterocycles. The molecule has 0 unspecified atom stereocenters. The van der Waals surface area contributed by atoms with E-state index in [4.69, 9.17) is 4.98 Å². The number of piperazine rings is 1. The summed E-state index contributed by atoms with van der Waals surface area (Å²) >= 11 is 0. The number of pyridine rings is 1. The fourth-order valence-corrected chi connectivity index (χ4v) is 6.15. The Bertz CT molecular complexity index is 1830. The molecule has 1 atom stereocenters. The minimum atomic E-state index is -2.42. The summed E-state index contributed by atoms with van der Waals surface area (Å²) in [6.07, 6.45) is 6.27. The molecule has 1 aromatic carbocycles. The first kappa shape index (κ1) is 27.0. The second-order valence-corrected chi connectivity index (χ2v) is 13.4. The monoisotopic (exact) mass is 574 g/mol. The van der Waals surface area contributed by atoms with E-state index in [2.05, 4.69) is 67.2 Å². The summed E-state index contributed by atoms with van der Waals surface area (Å²) in [7, 11) is 1.89. The predicted molar refractivity (Wildman–Crippen MR) is 165 cm³/mol. The molecule has 1 N–H and O–H groups in total. The molecule has 41 heavy (non-hydrogen) atoms. The summed E-state index contributed by atoms with van der Waals surface area (Å²) in [5.74, 6) is 1.09. The van der Waals surface area contributed by atoms with Crippen molar-refractivity contribution in [3.8, 4) is 5.82 Å². The topological polar surface area (TPSA) is 117 Å². The second-order valence-electron chi connectivity index (χ2n) is 10.9. The molecule has 1 saturated heterocycles. The van der Waals surface area contributed by atoms with Gasteiger partial charge in [-0.2, -0.15) is 9.35 Å². The maximum absolute atomic E-state index is 13.3. The lowest BCUT2D eigenvalue weighted by molar-refractivity contribution is 0.265. The summed E-state index contributed by atoms with van der Waals surface area (Å²) in [4.78, 5) is 34.3. The molecule has 0 saturated carbocycles. The minimum absolute atomic E-state index is 0.240. The van der Waals surface area contributed by atoms with Gasteiger partial charge in [0.2, 0.25) is 5.95 Å². The number of benzene rings is 1. The van der Waals surface area contributed by atoms with E-state index in [-0.39, 0.29) is 12.1 Å². The molecule has 5 heterocycles. The maximum Gasteiger partial charge on any atom is 0.278 e. The molecular formula is C28H34N10O2S. The summed E-state index contributed by atoms with van der Waals surface area (Å²) in [5, 5.41) is 3.70. The second kappa shape index (κ2) is 10.3. The van der Waals surface area contributed by atoms with E-state index in [1.165, 1.54) is 22.3 Å². The molecule has 6 rings (SSSR count). The van der Waals surface area contributed by atoms with Gasteiger partial charge in [0.05, 0.1) is 24.0 Å². The zero-order valence-corrected chi connectivity index (χ0v) is 24.5. The Morgan fingerprint density at radius 2 is 1.95 bits per heavy atom. The number of nitrogens with one attached hydrogen (secondary N) is 1. The molecule has 13 heteroatoms. The van der Waals surface area contributed by atoms with Crippen LogP contribution in [0.5, 0.6) is 0 Å². The van der Waals surface area contributed by atoms with Crippen molar-refractivity contribution < 1.29 is 4.21 Å². The summed E-state index contributed by atoms with van der Waals surface area (Å²) in [6.45, 7) is 8.05. The van der Waals surface area contributed by atoms with E-state index in [1.54, 1.807) is 41.5 Å². The summed E-state index contributed by atoms with van der Waals surface area (Å²) in [5.41, 5.74) is 3.37. The number of rotatable bonds is 6. The minimum Gasteiger partial charge on any atom is -0.371 e. The van der Waals surface area contributed by atoms with Gasteiger partial charge in [-0.1, -0.05) is 12.1 Å². The summed E-state index contributed by atoms with van der Waals surface area (Å²) in [6, 6.07) is 11.9. The van der Waals surface area contributed by atoms with E-state index in [1.807, 2.05) is 6.07 Å². The van der Waals surface area contributed by atoms with Crippen LogP contribution in [0.3, 0.4) is 0 Å². The van der Waals surface area contributed by atoms with Crippen molar-refractivity contribution in [1.82, 2.24) is 29.2 Å². The Kier molecular flexibility index (Phi) is 6.78. The highest BCUT2D eigenvalue weighted by Crippen LogP contribution is 2.38. The van der Waals surface area contributed by atoms with Crippen LogP contribution in [0.4, 0.5) is 28.8 Å². The predicted octanol–water partition coefficient (Wildman–Crippen LogP) is 2.84. The number of anilines is 4. The molecule has 0 spiro atoms. The van der Waals surface area contributed by atoms with Crippen molar-refractivity contribution in [2.45, 2.75) is 12.6 Å². The van der Waals surface area contributed by atoms with E-state index < -0.39 is 9.73 Å². The lowest BCUT2D eigenvalue weighted by atomic mass is 10.0. The number of aromatic nitrogens is 5. The number of hydrogen-bond donors (Lipinski definition) is 1. The van der Waals surface area contributed by atoms with Gasteiger partial charge < -0.3 is 20.0 Å². The molecule has 12 nitrogen and oxygen atoms in total. The quantitative estimate of drug-likeness (QED) is 0.347. The van der Waals surface area contributed by atoms with Crippen LogP contribution in [0.15, 0.2) is 64.4 Å². The van der Waals surface area contributed by atoms with Gasteiger partial charge in [0.1, 0.15) is 5.39 Å². The molecule has 0 radical (unpaired) electrons. The zero-order valence-electron chi connectivity index (χ0n) is 23.7. The SMILES string of the molecule is C=CCn1c(=O)c2cnc(Nc3ccc4c(c3)N3CCN(C)C[C@H]3CN4C)nc2n1-c1cccc(N=S(C)(C)=O)n1. The van der Waals surface area contributed by atoms with Gasteiger partial charge in [-0.25, -0.2) is 23.5 Å². The summed E-state index contributed by atoms with van der Waals surface area (Å²) < 4.78 is 19.7. The van der Waals surface area contributed by atoms with Crippen molar-refractivity contribution in [3.05, 3.63) is 65.6 Å². The van der Waals surface area contributed by atoms with Crippen molar-refractivity contribution in [2.24, 2.45) is 4.36 Å². The lowest BCUT2D eigenvalue weighted by Crippen LogP contribution is -2.58. The molecule has 4 aromatic rings. The molecule has 1 fully saturated rings. The number of allylic oxidation sites excluding steroid dienone is 1. The van der Waals surface area contributed by atoms with Gasteiger partial charge in [-0.05, 0) is 37.4 Å². The number of hydrogen-bond acceptors (Lipinski definition) is 10. The Hall–Kier alpha value is -4.23. The first-order chi connectivity index (χ1) is 19.6. The third kappa shape index (κ3) is 5.18. The number of fused-ring (bicyclic) bond motifs is 4. The van der Waals surface area contributed by atoms with Crippen LogP contribution >= 0.6 is 0 Å². The highest BCUT2D eigenvalue weighted by molar-refractivity contribution is 7.92. The Morgan fingerprint density at radius 3 is 2.73 bits per heavy atom. The van der Waals surface area contributed by atoms with Crippen molar-refractivity contribution in [1.29, 1.82) is 0 Å². The lowest BCUT2D eigenvalue weighted by Gasteiger charge is -2.48. The van der Waals surface area contributed by atoms with E-state index >= 15 is 0 Å². The smallest absolute Gasteiger partial charge is 0.278 e. The Balaban J connectivity index is 1.41. The van der Waals surface area contributed by atoms with Crippen LogP contribution in [0.2, 0.25) is 0 Å². The molecule has 0 aliphatic carbocycles. The van der Waals surface area contributed by atoms with E-state index in [0.29, 0.717) is 34.7 Å². The van der Waals surface area contributed by atoms with Gasteiger partial charge in [0.15, 0.2) is 17.3 Å². The maximum atomic E-state index is 13.3. The fraction of sp³-hybridized carbons (Fsp3) is 0.357. The number of nitrogens with zero attached hydrogens (tertiary/aromatic N) is 9. The molecule has 2 aliphatic heterocycles. The van der Waals surface area contributed by atoms with Crippen LogP contribution in [0.1, 0.15) is 0 Å². The molecule has 2 aliphatic rings. The van der Waals surface area contributed by atoms with Gasteiger partial charge in [-0.3, -0.25) is 4.79 Å². The average Bonchev–Trinajstić information content (AvgIpc) is 3.18. The van der Waals surface area contributed by atoms with Crippen molar-refractivity contribution in [3.63, 3.8) is 0 Å². The van der Waals surface area contributed by atoms with E-state index in [0.717, 1.165) is 31.9 Å². The van der Waals surface area contributed by atoms with Crippen molar-refractivity contribution in [2.75, 3.05) is 67.9 Å². The van der Waals surface area contributed by atoms with Gasteiger partial charge >= 0.3 is 0 Å². The Labute approximate surface area is 239 Å². The third-order valence-electron chi connectivity index (χ3n) is 7.35. The van der Waals surface area contributed by atoms with Crippen LogP contribution in [0, 0.1) is 0 Å².